The number of aromatic nitrogens is 1. The fourth-order valence-corrected chi connectivity index (χ4v) is 7.89. The molecule has 9 rings (SSSR count). The van der Waals surface area contributed by atoms with Crippen molar-refractivity contribution in [2.24, 2.45) is 4.99 Å². The largest absolute Gasteiger partial charge is 0.456 e. The van der Waals surface area contributed by atoms with Gasteiger partial charge in [-0.3, -0.25) is 4.57 Å². The summed E-state index contributed by atoms with van der Waals surface area (Å²) in [5, 5.41) is 7.15. The molecule has 7 aromatic rings. The molecule has 0 saturated carbocycles. The Labute approximate surface area is 301 Å². The molecule has 0 bridgehead atoms. The van der Waals surface area contributed by atoms with Gasteiger partial charge in [0.05, 0.1) is 11.2 Å². The first-order valence-electron chi connectivity index (χ1n) is 18.3. The first kappa shape index (κ1) is 33.9. The number of furan rings is 1. The minimum atomic E-state index is -0.278. The van der Waals surface area contributed by atoms with E-state index in [9.17, 15) is 0 Å². The summed E-state index contributed by atoms with van der Waals surface area (Å²) in [6.07, 6.45) is 7.51. The molecular formula is C47H47N3O. The van der Waals surface area contributed by atoms with Crippen LogP contribution >= 0.6 is 0 Å². The molecule has 4 heteroatoms. The van der Waals surface area contributed by atoms with E-state index in [4.69, 9.17) is 9.41 Å². The molecule has 4 nitrogen and oxygen atoms in total. The van der Waals surface area contributed by atoms with Gasteiger partial charge in [0.2, 0.25) is 5.96 Å². The quantitative estimate of drug-likeness (QED) is 0.203. The van der Waals surface area contributed by atoms with Gasteiger partial charge in [-0.25, -0.2) is 4.99 Å². The lowest BCUT2D eigenvalue weighted by atomic mass is 9.82. The van der Waals surface area contributed by atoms with Gasteiger partial charge in [0, 0.05) is 49.5 Å². The van der Waals surface area contributed by atoms with Gasteiger partial charge in [-0.2, -0.15) is 0 Å². The molecule has 0 fully saturated rings. The molecule has 5 aromatic carbocycles. The summed E-state index contributed by atoms with van der Waals surface area (Å²) in [5.74, 6) is 0.776. The Hall–Kier alpha value is -5.61. The third-order valence-electron chi connectivity index (χ3n) is 9.97. The van der Waals surface area contributed by atoms with Crippen molar-refractivity contribution in [3.63, 3.8) is 0 Å². The lowest BCUT2D eigenvalue weighted by Gasteiger charge is -2.27. The minimum absolute atomic E-state index is 0.127. The van der Waals surface area contributed by atoms with Crippen LogP contribution in [0.4, 0.5) is 5.69 Å². The number of aliphatic imine (C=N–C) groups is 1. The molecule has 3 heterocycles. The first-order chi connectivity index (χ1) is 24.9. The van der Waals surface area contributed by atoms with Crippen LogP contribution in [0.5, 0.6) is 0 Å². The molecule has 1 unspecified atom stereocenters. The number of nitrogens with zero attached hydrogens (tertiary/aromatic N) is 2. The first-order valence-corrected chi connectivity index (χ1v) is 18.3. The third kappa shape index (κ3) is 5.24. The minimum Gasteiger partial charge on any atom is -0.456 e. The van der Waals surface area contributed by atoms with E-state index in [1.165, 1.54) is 28.7 Å². The fourth-order valence-electron chi connectivity index (χ4n) is 7.89. The molecule has 2 aliphatic rings. The van der Waals surface area contributed by atoms with Crippen molar-refractivity contribution < 1.29 is 4.42 Å². The Kier molecular flexibility index (Phi) is 9.03. The lowest BCUT2D eigenvalue weighted by Crippen LogP contribution is -2.28. The molecule has 51 heavy (non-hydrogen) atoms. The van der Waals surface area contributed by atoms with E-state index >= 15 is 0 Å². The van der Waals surface area contributed by atoms with Crippen LogP contribution < -0.4 is 5.32 Å². The summed E-state index contributed by atoms with van der Waals surface area (Å²) >= 11 is 0. The highest BCUT2D eigenvalue weighted by Crippen LogP contribution is 2.52. The second-order valence-corrected chi connectivity index (χ2v) is 13.5. The number of rotatable bonds is 3. The molecule has 1 aliphatic heterocycles. The predicted octanol–water partition coefficient (Wildman–Crippen LogP) is 13.4. The number of benzene rings is 5. The molecule has 1 aliphatic carbocycles. The molecule has 2 aromatic heterocycles. The summed E-state index contributed by atoms with van der Waals surface area (Å²) in [6.45, 7) is 19.3. The van der Waals surface area contributed by atoms with Crippen molar-refractivity contribution in [2.75, 3.05) is 5.32 Å². The van der Waals surface area contributed by atoms with Crippen LogP contribution in [0.2, 0.25) is 0 Å². The molecule has 0 amide bonds. The van der Waals surface area contributed by atoms with E-state index in [-0.39, 0.29) is 11.5 Å². The van der Waals surface area contributed by atoms with E-state index in [1.54, 1.807) is 0 Å². The molecule has 0 saturated heterocycles. The van der Waals surface area contributed by atoms with Crippen molar-refractivity contribution in [3.8, 4) is 11.1 Å². The predicted molar refractivity (Wildman–Crippen MR) is 220 cm³/mol. The Balaban J connectivity index is 0.000000774. The van der Waals surface area contributed by atoms with Crippen LogP contribution in [-0.2, 0) is 5.41 Å². The smallest absolute Gasteiger partial charge is 0.208 e. The Morgan fingerprint density at radius 2 is 1.49 bits per heavy atom. The maximum Gasteiger partial charge on any atom is 0.208 e. The Bertz CT molecular complexity index is 2490. The topological polar surface area (TPSA) is 42.5 Å². The summed E-state index contributed by atoms with van der Waals surface area (Å²) in [6, 6.07) is 36.3. The average Bonchev–Trinajstić information content (AvgIpc) is 3.78. The van der Waals surface area contributed by atoms with Crippen molar-refractivity contribution in [3.05, 3.63) is 149 Å². The molecule has 1 atom stereocenters. The van der Waals surface area contributed by atoms with E-state index in [0.717, 1.165) is 66.9 Å². The molecule has 256 valence electrons. The van der Waals surface area contributed by atoms with Crippen molar-refractivity contribution in [2.45, 2.75) is 66.3 Å². The van der Waals surface area contributed by atoms with Gasteiger partial charge in [0.1, 0.15) is 17.2 Å². The standard InChI is InChI=1S/C42H33N3O.C3H8.C2H6/c1-5-14-35-25(6-2)27-23-24-33-37(29-16-7-10-20-32(29)42(33,3)4)39(27)45(35)41-43-34-21-11-8-17-30(34)38(44-41)31-19-13-18-28-26-15-9-12-22-36(26)46-40(28)31;1-3-2;1-2/h5-24,38H,2H2,1,3-4H3,(H,43,44);3H2,1-2H3;1-2H3/b14-5-;;. The number of anilines is 1. The summed E-state index contributed by atoms with van der Waals surface area (Å²) in [4.78, 5) is 5.58. The van der Waals surface area contributed by atoms with Gasteiger partial charge in [-0.05, 0) is 41.8 Å². The molecule has 0 spiro atoms. The number of allylic oxidation sites excluding steroid dienone is 1. The van der Waals surface area contributed by atoms with E-state index in [2.05, 4.69) is 154 Å². The van der Waals surface area contributed by atoms with E-state index in [0.29, 0.717) is 0 Å². The number of hydrogen-bond acceptors (Lipinski definition) is 3. The van der Waals surface area contributed by atoms with Crippen molar-refractivity contribution in [1.82, 2.24) is 4.57 Å². The third-order valence-corrected chi connectivity index (χ3v) is 9.97. The van der Waals surface area contributed by atoms with Gasteiger partial charge in [0.15, 0.2) is 0 Å². The SMILES string of the molecule is C=Cc1c(/C=C\C)n(C2=NC(c3cccc4c3oc3ccccc34)c3ccccc3N2)c2c3c(ccc12)C(C)(C)c1ccccc1-3.CC.CCC. The molecule has 0 radical (unpaired) electrons. The highest BCUT2D eigenvalue weighted by molar-refractivity contribution is 6.14. The zero-order valence-electron chi connectivity index (χ0n) is 30.8. The van der Waals surface area contributed by atoms with Crippen LogP contribution in [0, 0.1) is 0 Å². The fraction of sp³-hybridized carbons (Fsp3) is 0.213. The number of nitrogens with one attached hydrogen (secondary N) is 1. The number of para-hydroxylation sites is 3. The number of hydrogen-bond donors (Lipinski definition) is 1. The molecular weight excluding hydrogens is 623 g/mol. The summed E-state index contributed by atoms with van der Waals surface area (Å²) in [7, 11) is 0. The van der Waals surface area contributed by atoms with Crippen molar-refractivity contribution in [1.29, 1.82) is 0 Å². The van der Waals surface area contributed by atoms with Gasteiger partial charge in [-0.1, -0.05) is 158 Å². The van der Waals surface area contributed by atoms with E-state index < -0.39 is 0 Å². The maximum absolute atomic E-state index is 6.55. The molecule has 1 N–H and O–H groups in total. The average molecular weight is 670 g/mol. The summed E-state index contributed by atoms with van der Waals surface area (Å²) in [5.41, 5.74) is 13.3. The Morgan fingerprint density at radius 3 is 2.27 bits per heavy atom. The van der Waals surface area contributed by atoms with Crippen molar-refractivity contribution >= 4 is 56.6 Å². The van der Waals surface area contributed by atoms with Gasteiger partial charge >= 0.3 is 0 Å². The number of fused-ring (bicyclic) bond motifs is 9. The second kappa shape index (κ2) is 13.6. The van der Waals surface area contributed by atoms with E-state index in [1.807, 2.05) is 32.1 Å². The van der Waals surface area contributed by atoms with Gasteiger partial charge < -0.3 is 9.73 Å². The lowest BCUT2D eigenvalue weighted by molar-refractivity contribution is 0.657. The zero-order chi connectivity index (χ0) is 35.9. The maximum atomic E-state index is 6.55. The van der Waals surface area contributed by atoms with Crippen LogP contribution in [0.15, 0.2) is 125 Å². The van der Waals surface area contributed by atoms with Crippen LogP contribution in [0.1, 0.15) is 94.4 Å². The van der Waals surface area contributed by atoms with Gasteiger partial charge in [0.25, 0.3) is 0 Å². The zero-order valence-corrected chi connectivity index (χ0v) is 30.8. The monoisotopic (exact) mass is 669 g/mol. The second-order valence-electron chi connectivity index (χ2n) is 13.5. The van der Waals surface area contributed by atoms with Crippen LogP contribution in [-0.4, -0.2) is 10.5 Å². The highest BCUT2D eigenvalue weighted by atomic mass is 16.3. The van der Waals surface area contributed by atoms with Gasteiger partial charge in [-0.15, -0.1) is 0 Å². The van der Waals surface area contributed by atoms with Crippen LogP contribution in [0.3, 0.4) is 0 Å². The highest BCUT2D eigenvalue weighted by Gasteiger charge is 2.38. The normalized spacial score (nSPS) is 15.3. The Morgan fingerprint density at radius 1 is 0.804 bits per heavy atom. The summed E-state index contributed by atoms with van der Waals surface area (Å²) < 4.78 is 8.87. The van der Waals surface area contributed by atoms with Crippen LogP contribution in [0.25, 0.3) is 56.1 Å².